The average Bonchev–Trinajstić information content (AvgIpc) is 2.39. The number of carbonyl (C=O) groups is 3. The molecule has 0 N–H and O–H groups in total. The van der Waals surface area contributed by atoms with Crippen molar-refractivity contribution in [1.82, 2.24) is 0 Å². The van der Waals surface area contributed by atoms with Crippen molar-refractivity contribution in [1.29, 1.82) is 0 Å². The molecule has 0 amide bonds. The topological polar surface area (TPSA) is 78.9 Å². The summed E-state index contributed by atoms with van der Waals surface area (Å²) in [6.07, 6.45) is 1.95. The molecule has 0 unspecified atom stereocenters. The Hall–Kier alpha value is -2.11. The highest BCUT2D eigenvalue weighted by atomic mass is 16.6. The lowest BCUT2D eigenvalue weighted by Gasteiger charge is -2.30. The van der Waals surface area contributed by atoms with Crippen LogP contribution in [0.2, 0.25) is 0 Å². The van der Waals surface area contributed by atoms with Crippen molar-refractivity contribution < 1.29 is 28.6 Å². The Bertz CT molecular complexity index is 406. The van der Waals surface area contributed by atoms with E-state index in [-0.39, 0.29) is 13.2 Å². The fourth-order valence-electron chi connectivity index (χ4n) is 1.14. The molecule has 0 heterocycles. The summed E-state index contributed by atoms with van der Waals surface area (Å²) in [6, 6.07) is 0. The summed E-state index contributed by atoms with van der Waals surface area (Å²) in [4.78, 5) is 34.5. The van der Waals surface area contributed by atoms with Gasteiger partial charge in [-0.25, -0.2) is 9.59 Å². The van der Waals surface area contributed by atoms with Crippen LogP contribution in [0, 0.1) is 5.41 Å². The number of hydrogen-bond acceptors (Lipinski definition) is 6. The fraction of sp³-hybridized carbons (Fsp3) is 0.533. The van der Waals surface area contributed by atoms with E-state index < -0.39 is 28.9 Å². The highest BCUT2D eigenvalue weighted by Crippen LogP contribution is 2.23. The fourth-order valence-corrected chi connectivity index (χ4v) is 1.14. The summed E-state index contributed by atoms with van der Waals surface area (Å²) in [6.45, 7) is 12.5. The molecule has 21 heavy (non-hydrogen) atoms. The van der Waals surface area contributed by atoms with Crippen LogP contribution in [0.15, 0.2) is 25.3 Å². The Morgan fingerprint density at radius 3 is 1.57 bits per heavy atom. The summed E-state index contributed by atoms with van der Waals surface area (Å²) < 4.78 is 15.0. The van der Waals surface area contributed by atoms with E-state index >= 15 is 0 Å². The van der Waals surface area contributed by atoms with Crippen LogP contribution >= 0.6 is 0 Å². The minimum Gasteiger partial charge on any atom is -0.461 e. The maximum atomic E-state index is 12.2. The summed E-state index contributed by atoms with van der Waals surface area (Å²) in [7, 11) is 0. The van der Waals surface area contributed by atoms with E-state index in [9.17, 15) is 14.4 Å². The Morgan fingerprint density at radius 1 is 0.905 bits per heavy atom. The molecular weight excluding hydrogens is 276 g/mol. The Morgan fingerprint density at radius 2 is 1.29 bits per heavy atom. The molecule has 0 radical (unpaired) electrons. The zero-order chi connectivity index (χ0) is 16.7. The van der Waals surface area contributed by atoms with Gasteiger partial charge in [-0.2, -0.15) is 0 Å². The molecule has 118 valence electrons. The first-order valence-electron chi connectivity index (χ1n) is 6.36. The largest absolute Gasteiger partial charge is 0.461 e. The number of carbonyl (C=O) groups excluding carboxylic acids is 3. The summed E-state index contributed by atoms with van der Waals surface area (Å²) >= 11 is 0. The van der Waals surface area contributed by atoms with E-state index in [1.165, 1.54) is 6.92 Å². The van der Waals surface area contributed by atoms with Gasteiger partial charge in [0.15, 0.2) is 0 Å². The minimum absolute atomic E-state index is 0.294. The third-order valence-electron chi connectivity index (χ3n) is 2.29. The van der Waals surface area contributed by atoms with Crippen molar-refractivity contribution >= 4 is 17.9 Å². The standard InChI is InChI=1S/C15H22O6/c1-7-11(16)19-9-15(6,10-20-12(17)8-2)13(18)21-14(3,4)5/h7-8H,1-2,9-10H2,3-6H3. The van der Waals surface area contributed by atoms with Crippen LogP contribution in [0.25, 0.3) is 0 Å². The van der Waals surface area contributed by atoms with Crippen molar-refractivity contribution in [2.45, 2.75) is 33.3 Å². The molecule has 0 aromatic rings. The second-order valence-corrected chi connectivity index (χ2v) is 5.69. The van der Waals surface area contributed by atoms with Gasteiger partial charge in [0.05, 0.1) is 0 Å². The van der Waals surface area contributed by atoms with Crippen LogP contribution in [0.1, 0.15) is 27.7 Å². The lowest BCUT2D eigenvalue weighted by atomic mass is 9.92. The molecule has 0 atom stereocenters. The van der Waals surface area contributed by atoms with Crippen molar-refractivity contribution in [3.8, 4) is 0 Å². The maximum absolute atomic E-state index is 12.2. The van der Waals surface area contributed by atoms with E-state index in [0.29, 0.717) is 0 Å². The zero-order valence-electron chi connectivity index (χ0n) is 12.9. The van der Waals surface area contributed by atoms with E-state index in [0.717, 1.165) is 12.2 Å². The van der Waals surface area contributed by atoms with E-state index in [4.69, 9.17) is 14.2 Å². The molecule has 0 aromatic heterocycles. The molecule has 0 fully saturated rings. The van der Waals surface area contributed by atoms with E-state index in [1.54, 1.807) is 20.8 Å². The predicted molar refractivity (Wildman–Crippen MR) is 76.3 cm³/mol. The van der Waals surface area contributed by atoms with Crippen LogP contribution in [-0.2, 0) is 28.6 Å². The molecule has 0 rings (SSSR count). The molecule has 0 spiro atoms. The van der Waals surface area contributed by atoms with Crippen LogP contribution in [0.5, 0.6) is 0 Å². The molecule has 0 saturated heterocycles. The smallest absolute Gasteiger partial charge is 0.330 e. The molecule has 0 bridgehead atoms. The first kappa shape index (κ1) is 18.9. The summed E-state index contributed by atoms with van der Waals surface area (Å²) in [5.74, 6) is -2.00. The van der Waals surface area contributed by atoms with Gasteiger partial charge < -0.3 is 14.2 Å². The third-order valence-corrected chi connectivity index (χ3v) is 2.29. The monoisotopic (exact) mass is 298 g/mol. The van der Waals surface area contributed by atoms with Crippen molar-refractivity contribution in [3.05, 3.63) is 25.3 Å². The first-order chi connectivity index (χ1) is 9.54. The zero-order valence-corrected chi connectivity index (χ0v) is 12.9. The lowest BCUT2D eigenvalue weighted by molar-refractivity contribution is -0.176. The van der Waals surface area contributed by atoms with Gasteiger partial charge in [0.25, 0.3) is 0 Å². The molecule has 6 heteroatoms. The van der Waals surface area contributed by atoms with Gasteiger partial charge >= 0.3 is 17.9 Å². The van der Waals surface area contributed by atoms with E-state index in [2.05, 4.69) is 13.2 Å². The van der Waals surface area contributed by atoms with Crippen molar-refractivity contribution in [3.63, 3.8) is 0 Å². The van der Waals surface area contributed by atoms with E-state index in [1.807, 2.05) is 0 Å². The second kappa shape index (κ2) is 7.61. The Kier molecular flexibility index (Phi) is 6.85. The van der Waals surface area contributed by atoms with Crippen LogP contribution in [0.4, 0.5) is 0 Å². The van der Waals surface area contributed by atoms with Gasteiger partial charge in [0, 0.05) is 12.2 Å². The average molecular weight is 298 g/mol. The molecule has 0 aliphatic rings. The molecule has 0 aliphatic carbocycles. The number of rotatable bonds is 7. The summed E-state index contributed by atoms with van der Waals surface area (Å²) in [5, 5.41) is 0. The minimum atomic E-state index is -1.31. The summed E-state index contributed by atoms with van der Waals surface area (Å²) in [5.41, 5.74) is -2.03. The van der Waals surface area contributed by atoms with Gasteiger partial charge in [-0.05, 0) is 27.7 Å². The molecule has 0 aliphatic heterocycles. The van der Waals surface area contributed by atoms with Gasteiger partial charge in [-0.1, -0.05) is 13.2 Å². The van der Waals surface area contributed by atoms with Gasteiger partial charge in [0.2, 0.25) is 0 Å². The molecular formula is C15H22O6. The SMILES string of the molecule is C=CC(=O)OCC(C)(COC(=O)C=C)C(=O)OC(C)(C)C. The van der Waals surface area contributed by atoms with Gasteiger partial charge in [-0.15, -0.1) is 0 Å². The molecule has 6 nitrogen and oxygen atoms in total. The van der Waals surface area contributed by atoms with Crippen LogP contribution < -0.4 is 0 Å². The van der Waals surface area contributed by atoms with Gasteiger partial charge in [0.1, 0.15) is 24.2 Å². The maximum Gasteiger partial charge on any atom is 0.330 e. The van der Waals surface area contributed by atoms with Crippen molar-refractivity contribution in [2.24, 2.45) is 5.41 Å². The first-order valence-corrected chi connectivity index (χ1v) is 6.36. The van der Waals surface area contributed by atoms with Gasteiger partial charge in [-0.3, -0.25) is 4.79 Å². The predicted octanol–water partition coefficient (Wildman–Crippen LogP) is 1.79. The van der Waals surface area contributed by atoms with Crippen molar-refractivity contribution in [2.75, 3.05) is 13.2 Å². The Labute approximate surface area is 124 Å². The van der Waals surface area contributed by atoms with Crippen LogP contribution in [0.3, 0.4) is 0 Å². The highest BCUT2D eigenvalue weighted by Gasteiger charge is 2.40. The third kappa shape index (κ3) is 7.29. The number of hydrogen-bond donors (Lipinski definition) is 0. The normalized spacial score (nSPS) is 11.2. The second-order valence-electron chi connectivity index (χ2n) is 5.69. The van der Waals surface area contributed by atoms with Crippen LogP contribution in [-0.4, -0.2) is 36.7 Å². The highest BCUT2D eigenvalue weighted by molar-refractivity contribution is 5.83. The number of esters is 3. The number of ether oxygens (including phenoxy) is 3. The quantitative estimate of drug-likeness (QED) is 0.405. The lowest BCUT2D eigenvalue weighted by Crippen LogP contribution is -2.43. The Balaban J connectivity index is 4.99. The molecule has 0 saturated carbocycles. The molecule has 0 aromatic carbocycles.